The molecule has 0 bridgehead atoms. The Kier molecular flexibility index (Phi) is 3.59. The second-order valence-electron chi connectivity index (χ2n) is 6.36. The van der Waals surface area contributed by atoms with Gasteiger partial charge in [0.1, 0.15) is 0 Å². The van der Waals surface area contributed by atoms with Gasteiger partial charge in [0.15, 0.2) is 0 Å². The quantitative estimate of drug-likeness (QED) is 0.891. The van der Waals surface area contributed by atoms with Crippen LogP contribution in [0.15, 0.2) is 6.07 Å². The molecule has 0 spiro atoms. The summed E-state index contributed by atoms with van der Waals surface area (Å²) in [5.41, 5.74) is 3.10. The summed E-state index contributed by atoms with van der Waals surface area (Å²) < 4.78 is 2.31. The van der Waals surface area contributed by atoms with Crippen molar-refractivity contribution in [2.24, 2.45) is 0 Å². The zero-order chi connectivity index (χ0) is 14.3. The third kappa shape index (κ3) is 2.62. The highest BCUT2D eigenvalue weighted by molar-refractivity contribution is 5.95. The van der Waals surface area contributed by atoms with Gasteiger partial charge in [0.2, 0.25) is 0 Å². The van der Waals surface area contributed by atoms with Gasteiger partial charge in [-0.1, -0.05) is 0 Å². The van der Waals surface area contributed by atoms with Crippen LogP contribution in [0.1, 0.15) is 66.3 Å². The molecule has 1 amide bonds. The van der Waals surface area contributed by atoms with Crippen LogP contribution in [0.5, 0.6) is 0 Å². The molecule has 2 saturated carbocycles. The fraction of sp³-hybridized carbons (Fsp3) is 0.688. The van der Waals surface area contributed by atoms with E-state index in [1.807, 2.05) is 13.0 Å². The van der Waals surface area contributed by atoms with Crippen LogP contribution < -0.4 is 5.32 Å². The number of amides is 1. The largest absolute Gasteiger partial charge is 0.393 e. The van der Waals surface area contributed by atoms with E-state index in [1.54, 1.807) is 0 Å². The molecule has 0 saturated heterocycles. The maximum Gasteiger partial charge on any atom is 0.253 e. The molecular weight excluding hydrogens is 252 g/mol. The normalized spacial score (nSPS) is 26.6. The van der Waals surface area contributed by atoms with E-state index in [-0.39, 0.29) is 18.1 Å². The second kappa shape index (κ2) is 5.24. The predicted molar refractivity (Wildman–Crippen MR) is 77.9 cm³/mol. The van der Waals surface area contributed by atoms with Gasteiger partial charge in [-0.05, 0) is 58.4 Å². The average molecular weight is 276 g/mol. The maximum atomic E-state index is 12.4. The number of carbonyl (C=O) groups is 1. The Bertz CT molecular complexity index is 509. The van der Waals surface area contributed by atoms with Crippen molar-refractivity contribution < 1.29 is 9.90 Å². The van der Waals surface area contributed by atoms with Crippen molar-refractivity contribution in [3.63, 3.8) is 0 Å². The Balaban J connectivity index is 1.69. The van der Waals surface area contributed by atoms with Gasteiger partial charge in [-0.25, -0.2) is 0 Å². The van der Waals surface area contributed by atoms with Crippen LogP contribution >= 0.6 is 0 Å². The second-order valence-corrected chi connectivity index (χ2v) is 6.36. The molecule has 2 fully saturated rings. The highest BCUT2D eigenvalue weighted by Crippen LogP contribution is 2.38. The highest BCUT2D eigenvalue weighted by atomic mass is 16.3. The van der Waals surface area contributed by atoms with Gasteiger partial charge in [0.25, 0.3) is 5.91 Å². The number of rotatable bonds is 3. The summed E-state index contributed by atoms with van der Waals surface area (Å²) in [6.07, 6.45) is 5.65. The molecule has 1 heterocycles. The summed E-state index contributed by atoms with van der Waals surface area (Å²) in [6.45, 7) is 4.13. The van der Waals surface area contributed by atoms with E-state index in [0.29, 0.717) is 6.04 Å². The summed E-state index contributed by atoms with van der Waals surface area (Å²) in [5, 5.41) is 12.6. The van der Waals surface area contributed by atoms with Crippen LogP contribution in [0.25, 0.3) is 0 Å². The van der Waals surface area contributed by atoms with Gasteiger partial charge in [-0.3, -0.25) is 4.79 Å². The minimum atomic E-state index is -0.178. The van der Waals surface area contributed by atoms with Crippen LogP contribution in [-0.4, -0.2) is 27.7 Å². The Morgan fingerprint density at radius 3 is 2.45 bits per heavy atom. The Hall–Kier alpha value is -1.29. The minimum absolute atomic E-state index is 0.0476. The first-order valence-corrected chi connectivity index (χ1v) is 7.73. The lowest BCUT2D eigenvalue weighted by Crippen LogP contribution is -2.38. The van der Waals surface area contributed by atoms with E-state index >= 15 is 0 Å². The van der Waals surface area contributed by atoms with E-state index in [4.69, 9.17) is 0 Å². The fourth-order valence-corrected chi connectivity index (χ4v) is 3.38. The molecule has 1 aromatic heterocycles. The van der Waals surface area contributed by atoms with Gasteiger partial charge in [-0.15, -0.1) is 0 Å². The van der Waals surface area contributed by atoms with E-state index < -0.39 is 0 Å². The number of aryl methyl sites for hydroxylation is 1. The molecule has 2 aliphatic rings. The lowest BCUT2D eigenvalue weighted by molar-refractivity contribution is 0.0867. The van der Waals surface area contributed by atoms with Gasteiger partial charge in [0.05, 0.1) is 11.7 Å². The van der Waals surface area contributed by atoms with Gasteiger partial charge in [-0.2, -0.15) is 0 Å². The zero-order valence-corrected chi connectivity index (χ0v) is 12.4. The number of aliphatic hydroxyl groups is 1. The van der Waals surface area contributed by atoms with Gasteiger partial charge < -0.3 is 15.0 Å². The molecule has 0 unspecified atom stereocenters. The fourth-order valence-electron chi connectivity index (χ4n) is 3.38. The lowest BCUT2D eigenvalue weighted by Gasteiger charge is -2.26. The number of nitrogens with one attached hydrogen (secondary N) is 1. The molecular formula is C16H24N2O2. The molecule has 0 atom stereocenters. The molecule has 20 heavy (non-hydrogen) atoms. The maximum absolute atomic E-state index is 12.4. The van der Waals surface area contributed by atoms with Crippen molar-refractivity contribution in [2.75, 3.05) is 0 Å². The summed E-state index contributed by atoms with van der Waals surface area (Å²) in [5.74, 6) is 0.0476. The van der Waals surface area contributed by atoms with Crippen LogP contribution in [0, 0.1) is 13.8 Å². The van der Waals surface area contributed by atoms with E-state index in [2.05, 4.69) is 16.8 Å². The zero-order valence-electron chi connectivity index (χ0n) is 12.4. The van der Waals surface area contributed by atoms with Crippen LogP contribution in [0.4, 0.5) is 0 Å². The van der Waals surface area contributed by atoms with Crippen LogP contribution in [0.2, 0.25) is 0 Å². The number of carbonyl (C=O) groups excluding carboxylic acids is 1. The summed E-state index contributed by atoms with van der Waals surface area (Å²) >= 11 is 0. The molecule has 0 radical (unpaired) electrons. The third-order valence-corrected chi connectivity index (χ3v) is 4.67. The molecule has 0 aliphatic heterocycles. The molecule has 3 rings (SSSR count). The summed E-state index contributed by atoms with van der Waals surface area (Å²) in [4.78, 5) is 12.4. The van der Waals surface area contributed by atoms with Crippen molar-refractivity contribution in [1.82, 2.24) is 9.88 Å². The molecule has 4 heteroatoms. The number of aliphatic hydroxyl groups excluding tert-OH is 1. The number of aromatic nitrogens is 1. The topological polar surface area (TPSA) is 54.3 Å². The first kappa shape index (κ1) is 13.7. The van der Waals surface area contributed by atoms with Crippen molar-refractivity contribution in [1.29, 1.82) is 0 Å². The Morgan fingerprint density at radius 2 is 1.85 bits per heavy atom. The molecule has 4 nitrogen and oxygen atoms in total. The van der Waals surface area contributed by atoms with Crippen LogP contribution in [-0.2, 0) is 0 Å². The number of hydrogen-bond acceptors (Lipinski definition) is 2. The SMILES string of the molecule is Cc1cc(C(=O)NC2CCC(O)CC2)c(C)n1C1CC1. The van der Waals surface area contributed by atoms with Crippen molar-refractivity contribution >= 4 is 5.91 Å². The molecule has 2 N–H and O–H groups in total. The number of hydrogen-bond donors (Lipinski definition) is 2. The van der Waals surface area contributed by atoms with E-state index in [0.717, 1.165) is 36.9 Å². The first-order valence-electron chi connectivity index (χ1n) is 7.73. The first-order chi connectivity index (χ1) is 9.56. The molecule has 110 valence electrons. The summed E-state index contributed by atoms with van der Waals surface area (Å²) in [7, 11) is 0. The molecule has 1 aromatic rings. The smallest absolute Gasteiger partial charge is 0.253 e. The highest BCUT2D eigenvalue weighted by Gasteiger charge is 2.29. The van der Waals surface area contributed by atoms with Crippen molar-refractivity contribution in [3.8, 4) is 0 Å². The van der Waals surface area contributed by atoms with Crippen LogP contribution in [0.3, 0.4) is 0 Å². The standard InChI is InChI=1S/C16H24N2O2/c1-10-9-15(11(2)18(10)13-5-6-13)16(20)17-12-3-7-14(19)8-4-12/h9,12-14,19H,3-8H2,1-2H3,(H,17,20). The molecule has 2 aliphatic carbocycles. The Morgan fingerprint density at radius 1 is 1.20 bits per heavy atom. The van der Waals surface area contributed by atoms with Gasteiger partial charge >= 0.3 is 0 Å². The van der Waals surface area contributed by atoms with E-state index in [1.165, 1.54) is 18.5 Å². The third-order valence-electron chi connectivity index (χ3n) is 4.67. The lowest BCUT2D eigenvalue weighted by atomic mass is 9.93. The number of nitrogens with zero attached hydrogens (tertiary/aromatic N) is 1. The van der Waals surface area contributed by atoms with Gasteiger partial charge in [0, 0.05) is 23.5 Å². The summed E-state index contributed by atoms with van der Waals surface area (Å²) in [6, 6.07) is 2.84. The molecule has 0 aromatic carbocycles. The average Bonchev–Trinajstić information content (AvgIpc) is 3.19. The minimum Gasteiger partial charge on any atom is -0.393 e. The monoisotopic (exact) mass is 276 g/mol. The van der Waals surface area contributed by atoms with Crippen molar-refractivity contribution in [2.45, 2.75) is 70.6 Å². The van der Waals surface area contributed by atoms with Crippen molar-refractivity contribution in [3.05, 3.63) is 23.0 Å². The van der Waals surface area contributed by atoms with E-state index in [9.17, 15) is 9.90 Å². The Labute approximate surface area is 120 Å². The predicted octanol–water partition coefficient (Wildman–Crippen LogP) is 2.47.